The molecule has 0 unspecified atom stereocenters. The van der Waals surface area contributed by atoms with Gasteiger partial charge in [-0.3, -0.25) is 14.2 Å². The van der Waals surface area contributed by atoms with E-state index in [0.29, 0.717) is 46.3 Å². The number of nitrogens with one attached hydrogen (secondary N) is 1. The maximum Gasteiger partial charge on any atom is 0.264 e. The number of benzene rings is 2. The Morgan fingerprint density at radius 3 is 2.61 bits per heavy atom. The van der Waals surface area contributed by atoms with Crippen LogP contribution in [0.3, 0.4) is 0 Å². The fourth-order valence-corrected chi connectivity index (χ4v) is 3.83. The molecule has 2 aromatic heterocycles. The van der Waals surface area contributed by atoms with E-state index in [4.69, 9.17) is 23.2 Å². The second kappa shape index (κ2) is 8.91. The Morgan fingerprint density at radius 2 is 1.87 bits per heavy atom. The van der Waals surface area contributed by atoms with Gasteiger partial charge in [0.15, 0.2) is 5.65 Å². The highest BCUT2D eigenvalue weighted by molar-refractivity contribution is 6.35. The first-order chi connectivity index (χ1) is 14.9. The Balaban J connectivity index is 1.47. The summed E-state index contributed by atoms with van der Waals surface area (Å²) in [5, 5.41) is 8.28. The Bertz CT molecular complexity index is 1310. The Morgan fingerprint density at radius 1 is 1.13 bits per heavy atom. The number of nitrogens with zero attached hydrogens (tertiary/aromatic N) is 4. The van der Waals surface area contributed by atoms with Gasteiger partial charge < -0.3 is 5.32 Å². The van der Waals surface area contributed by atoms with E-state index in [1.807, 2.05) is 31.2 Å². The van der Waals surface area contributed by atoms with Gasteiger partial charge in [0.25, 0.3) is 11.5 Å². The van der Waals surface area contributed by atoms with Gasteiger partial charge in [0.2, 0.25) is 0 Å². The highest BCUT2D eigenvalue weighted by Crippen LogP contribution is 2.19. The molecule has 0 aliphatic carbocycles. The van der Waals surface area contributed by atoms with Crippen molar-refractivity contribution in [3.8, 4) is 0 Å². The predicted octanol–water partition coefficient (Wildman–Crippen LogP) is 3.69. The summed E-state index contributed by atoms with van der Waals surface area (Å²) in [6.07, 6.45) is 3.04. The third kappa shape index (κ3) is 4.62. The zero-order valence-corrected chi connectivity index (χ0v) is 18.2. The van der Waals surface area contributed by atoms with Gasteiger partial charge in [-0.05, 0) is 36.2 Å². The van der Waals surface area contributed by atoms with Crippen molar-refractivity contribution in [1.29, 1.82) is 0 Å². The van der Waals surface area contributed by atoms with E-state index in [9.17, 15) is 9.59 Å². The predicted molar refractivity (Wildman–Crippen MR) is 121 cm³/mol. The molecule has 0 atom stereocenters. The van der Waals surface area contributed by atoms with Crippen LogP contribution < -0.4 is 10.9 Å². The number of aryl methyl sites for hydroxylation is 1. The van der Waals surface area contributed by atoms with E-state index in [0.717, 1.165) is 11.1 Å². The summed E-state index contributed by atoms with van der Waals surface area (Å²) in [5.74, 6) is -0.297. The molecule has 4 aromatic rings. The number of carbonyl (C=O) groups is 1. The molecule has 0 bridgehead atoms. The molecule has 31 heavy (non-hydrogen) atoms. The lowest BCUT2D eigenvalue weighted by Gasteiger charge is -2.09. The highest BCUT2D eigenvalue weighted by Gasteiger charge is 2.12. The van der Waals surface area contributed by atoms with Crippen molar-refractivity contribution in [2.24, 2.45) is 0 Å². The number of rotatable bonds is 6. The third-order valence-corrected chi connectivity index (χ3v) is 5.39. The normalized spacial score (nSPS) is 11.1. The summed E-state index contributed by atoms with van der Waals surface area (Å²) in [5.41, 5.74) is 2.87. The number of aromatic nitrogens is 4. The van der Waals surface area contributed by atoms with Crippen molar-refractivity contribution in [2.45, 2.75) is 20.0 Å². The van der Waals surface area contributed by atoms with Gasteiger partial charge >= 0.3 is 0 Å². The zero-order valence-electron chi connectivity index (χ0n) is 16.7. The lowest BCUT2D eigenvalue weighted by Crippen LogP contribution is -2.27. The summed E-state index contributed by atoms with van der Waals surface area (Å²) in [6, 6.07) is 12.6. The molecule has 1 N–H and O–H groups in total. The molecule has 7 nitrogen and oxygen atoms in total. The molecule has 2 heterocycles. The molecule has 0 fully saturated rings. The molecule has 0 radical (unpaired) electrons. The second-order valence-corrected chi connectivity index (χ2v) is 8.00. The van der Waals surface area contributed by atoms with Crippen molar-refractivity contribution >= 4 is 40.1 Å². The first-order valence-electron chi connectivity index (χ1n) is 9.62. The molecule has 4 rings (SSSR count). The van der Waals surface area contributed by atoms with Crippen molar-refractivity contribution in [2.75, 3.05) is 6.54 Å². The van der Waals surface area contributed by atoms with Crippen molar-refractivity contribution in [3.05, 3.63) is 92.1 Å². The fourth-order valence-electron chi connectivity index (χ4n) is 3.31. The average Bonchev–Trinajstić information content (AvgIpc) is 3.14. The summed E-state index contributed by atoms with van der Waals surface area (Å²) in [6.45, 7) is 3.11. The molecule has 0 saturated heterocycles. The SMILES string of the molecule is Cc1ccccc1Cn1cnc2c(cnn2CCNC(=O)c2cc(Cl)cc(Cl)c2)c1=O. The van der Waals surface area contributed by atoms with Crippen LogP contribution in [0.2, 0.25) is 10.0 Å². The van der Waals surface area contributed by atoms with Gasteiger partial charge in [-0.1, -0.05) is 47.5 Å². The first-order valence-corrected chi connectivity index (χ1v) is 10.4. The Labute approximate surface area is 188 Å². The lowest BCUT2D eigenvalue weighted by molar-refractivity contribution is 0.0952. The standard InChI is InChI=1S/C22H19Cl2N5O2/c1-14-4-2-3-5-15(14)12-28-13-26-20-19(22(28)31)11-27-29(20)7-6-25-21(30)16-8-17(23)10-18(24)9-16/h2-5,8-11,13H,6-7,12H2,1H3,(H,25,30). The van der Waals surface area contributed by atoms with E-state index in [-0.39, 0.29) is 11.5 Å². The van der Waals surface area contributed by atoms with Gasteiger partial charge in [-0.15, -0.1) is 0 Å². The van der Waals surface area contributed by atoms with Gasteiger partial charge in [0.05, 0.1) is 19.3 Å². The van der Waals surface area contributed by atoms with E-state index < -0.39 is 0 Å². The van der Waals surface area contributed by atoms with Crippen LogP contribution in [-0.2, 0) is 13.1 Å². The van der Waals surface area contributed by atoms with Crippen LogP contribution in [0.25, 0.3) is 11.0 Å². The number of fused-ring (bicyclic) bond motifs is 1. The molecule has 0 aliphatic heterocycles. The van der Waals surface area contributed by atoms with Gasteiger partial charge in [0.1, 0.15) is 11.7 Å². The summed E-state index contributed by atoms with van der Waals surface area (Å²) < 4.78 is 3.17. The summed E-state index contributed by atoms with van der Waals surface area (Å²) in [7, 11) is 0. The Hall–Kier alpha value is -3.16. The fraction of sp³-hybridized carbons (Fsp3) is 0.182. The van der Waals surface area contributed by atoms with Crippen molar-refractivity contribution in [1.82, 2.24) is 24.6 Å². The van der Waals surface area contributed by atoms with Crippen molar-refractivity contribution in [3.63, 3.8) is 0 Å². The van der Waals surface area contributed by atoms with Gasteiger partial charge in [0, 0.05) is 22.2 Å². The van der Waals surface area contributed by atoms with Gasteiger partial charge in [-0.2, -0.15) is 5.10 Å². The largest absolute Gasteiger partial charge is 0.350 e. The molecular formula is C22H19Cl2N5O2. The van der Waals surface area contributed by atoms with Crippen LogP contribution >= 0.6 is 23.2 Å². The maximum atomic E-state index is 12.9. The minimum atomic E-state index is -0.297. The zero-order chi connectivity index (χ0) is 22.0. The quantitative estimate of drug-likeness (QED) is 0.480. The van der Waals surface area contributed by atoms with Crippen LogP contribution in [0.4, 0.5) is 0 Å². The molecule has 158 valence electrons. The molecule has 1 amide bonds. The highest BCUT2D eigenvalue weighted by atomic mass is 35.5. The molecule has 0 saturated carbocycles. The smallest absolute Gasteiger partial charge is 0.264 e. The third-order valence-electron chi connectivity index (χ3n) is 4.96. The van der Waals surface area contributed by atoms with Crippen LogP contribution in [-0.4, -0.2) is 31.8 Å². The van der Waals surface area contributed by atoms with Crippen LogP contribution in [0, 0.1) is 6.92 Å². The second-order valence-electron chi connectivity index (χ2n) is 7.12. The molecule has 2 aromatic carbocycles. The minimum Gasteiger partial charge on any atom is -0.350 e. The monoisotopic (exact) mass is 455 g/mol. The van der Waals surface area contributed by atoms with Crippen LogP contribution in [0.1, 0.15) is 21.5 Å². The van der Waals surface area contributed by atoms with E-state index >= 15 is 0 Å². The van der Waals surface area contributed by atoms with Crippen molar-refractivity contribution < 1.29 is 4.79 Å². The molecular weight excluding hydrogens is 437 g/mol. The number of hydrogen-bond acceptors (Lipinski definition) is 4. The van der Waals surface area contributed by atoms with E-state index in [2.05, 4.69) is 15.4 Å². The molecule has 0 spiro atoms. The molecule has 9 heteroatoms. The van der Waals surface area contributed by atoms with E-state index in [1.165, 1.54) is 12.5 Å². The first kappa shape index (κ1) is 21.1. The summed E-state index contributed by atoms with van der Waals surface area (Å²) in [4.78, 5) is 29.6. The average molecular weight is 456 g/mol. The van der Waals surface area contributed by atoms with Crippen LogP contribution in [0.15, 0.2) is 59.8 Å². The number of amides is 1. The number of hydrogen-bond donors (Lipinski definition) is 1. The Kier molecular flexibility index (Phi) is 6.06. The topological polar surface area (TPSA) is 81.8 Å². The number of carbonyl (C=O) groups excluding carboxylic acids is 1. The molecule has 0 aliphatic rings. The van der Waals surface area contributed by atoms with E-state index in [1.54, 1.807) is 27.4 Å². The number of halogens is 2. The maximum absolute atomic E-state index is 12.9. The van der Waals surface area contributed by atoms with Gasteiger partial charge in [-0.25, -0.2) is 9.67 Å². The lowest BCUT2D eigenvalue weighted by atomic mass is 10.1. The van der Waals surface area contributed by atoms with Crippen LogP contribution in [0.5, 0.6) is 0 Å². The summed E-state index contributed by atoms with van der Waals surface area (Å²) >= 11 is 11.9. The minimum absolute atomic E-state index is 0.155.